The van der Waals surface area contributed by atoms with Crippen LogP contribution in [0.15, 0.2) is 0 Å². The summed E-state index contributed by atoms with van der Waals surface area (Å²) >= 11 is 0. The molecule has 1 aliphatic heterocycles. The van der Waals surface area contributed by atoms with E-state index in [-0.39, 0.29) is 22.8 Å². The molecule has 1 amide bonds. The molecule has 1 N–H and O–H groups in total. The van der Waals surface area contributed by atoms with Crippen molar-refractivity contribution in [2.24, 2.45) is 28.6 Å². The van der Waals surface area contributed by atoms with Gasteiger partial charge in [0, 0.05) is 26.2 Å². The molecular weight excluding hydrogens is 290 g/mol. The summed E-state index contributed by atoms with van der Waals surface area (Å²) in [5.74, 6) is 1.98. The zero-order valence-corrected chi connectivity index (χ0v) is 15.4. The van der Waals surface area contributed by atoms with Crippen LogP contribution in [0.4, 0.5) is 0 Å². The summed E-state index contributed by atoms with van der Waals surface area (Å²) in [6, 6.07) is 0.272. The SMILES string of the molecule is COCCC(=O)N[C@H]1C(C)(C)[C@@H]2C[C@@H]3[C@@H](C(C)C)OCCC31C2. The van der Waals surface area contributed by atoms with Crippen LogP contribution in [-0.4, -0.2) is 38.4 Å². The average Bonchev–Trinajstić information content (AvgIpc) is 2.98. The Hall–Kier alpha value is -0.610. The number of rotatable bonds is 5. The number of hydrogen-bond donors (Lipinski definition) is 1. The van der Waals surface area contributed by atoms with Crippen LogP contribution in [0.3, 0.4) is 0 Å². The van der Waals surface area contributed by atoms with E-state index in [1.807, 2.05) is 0 Å². The van der Waals surface area contributed by atoms with Gasteiger partial charge in [0.1, 0.15) is 0 Å². The minimum atomic E-state index is 0.137. The molecule has 0 aromatic carbocycles. The van der Waals surface area contributed by atoms with Gasteiger partial charge in [-0.3, -0.25) is 4.79 Å². The van der Waals surface area contributed by atoms with Gasteiger partial charge in [-0.1, -0.05) is 27.7 Å². The molecule has 1 heterocycles. The van der Waals surface area contributed by atoms with Gasteiger partial charge >= 0.3 is 0 Å². The van der Waals surface area contributed by atoms with Crippen molar-refractivity contribution >= 4 is 5.91 Å². The zero-order valence-electron chi connectivity index (χ0n) is 15.4. The molecule has 1 saturated heterocycles. The number of hydrogen-bond acceptors (Lipinski definition) is 3. The van der Waals surface area contributed by atoms with Crippen molar-refractivity contribution in [3.05, 3.63) is 0 Å². The maximum atomic E-state index is 12.4. The number of methoxy groups -OCH3 is 1. The van der Waals surface area contributed by atoms with Crippen LogP contribution < -0.4 is 5.32 Å². The molecule has 0 aromatic heterocycles. The smallest absolute Gasteiger partial charge is 0.222 e. The van der Waals surface area contributed by atoms with E-state index < -0.39 is 0 Å². The van der Waals surface area contributed by atoms with Gasteiger partial charge in [0.15, 0.2) is 0 Å². The second-order valence-corrected chi connectivity index (χ2v) is 8.87. The molecule has 0 radical (unpaired) electrons. The summed E-state index contributed by atoms with van der Waals surface area (Å²) in [7, 11) is 1.65. The first kappa shape index (κ1) is 17.2. The van der Waals surface area contributed by atoms with E-state index in [2.05, 4.69) is 33.0 Å². The fourth-order valence-corrected chi connectivity index (χ4v) is 5.92. The van der Waals surface area contributed by atoms with Crippen LogP contribution >= 0.6 is 0 Å². The molecule has 4 nitrogen and oxygen atoms in total. The van der Waals surface area contributed by atoms with Crippen molar-refractivity contribution in [1.82, 2.24) is 5.32 Å². The third kappa shape index (κ3) is 2.62. The van der Waals surface area contributed by atoms with E-state index in [1.165, 1.54) is 12.8 Å². The van der Waals surface area contributed by atoms with Gasteiger partial charge in [0.05, 0.1) is 12.7 Å². The van der Waals surface area contributed by atoms with E-state index in [4.69, 9.17) is 9.47 Å². The second-order valence-electron chi connectivity index (χ2n) is 8.87. The lowest BCUT2D eigenvalue weighted by molar-refractivity contribution is -0.144. The third-order valence-corrected chi connectivity index (χ3v) is 7.04. The molecule has 4 heteroatoms. The Morgan fingerprint density at radius 3 is 2.78 bits per heavy atom. The van der Waals surface area contributed by atoms with Crippen LogP contribution in [0.1, 0.15) is 53.4 Å². The summed E-state index contributed by atoms with van der Waals surface area (Å²) < 4.78 is 11.2. The maximum absolute atomic E-state index is 12.4. The number of carbonyl (C=O) groups excluding carboxylic acids is 1. The van der Waals surface area contributed by atoms with Crippen molar-refractivity contribution in [2.75, 3.05) is 20.3 Å². The summed E-state index contributed by atoms with van der Waals surface area (Å²) in [6.07, 6.45) is 4.42. The highest BCUT2D eigenvalue weighted by molar-refractivity contribution is 5.76. The molecule has 5 atom stereocenters. The molecule has 2 saturated carbocycles. The zero-order chi connectivity index (χ0) is 16.8. The standard InChI is InChI=1S/C19H33NO3/c1-12(2)16-14-10-13-11-19(14,7-9-23-16)17(18(13,3)4)20-15(21)6-8-22-5/h12-14,16-17H,6-11H2,1-5H3,(H,20,21)/t13-,14-,16-,17+,19?/m1/s1. The Bertz CT molecular complexity index is 462. The highest BCUT2D eigenvalue weighted by atomic mass is 16.5. The lowest BCUT2D eigenvalue weighted by Gasteiger charge is -2.54. The normalized spacial score (nSPS) is 41.1. The summed E-state index contributed by atoms with van der Waals surface area (Å²) in [5, 5.41) is 3.41. The average molecular weight is 323 g/mol. The van der Waals surface area contributed by atoms with Crippen LogP contribution in [0, 0.1) is 28.6 Å². The highest BCUT2D eigenvalue weighted by Crippen LogP contribution is 2.69. The molecule has 132 valence electrons. The molecule has 2 aliphatic carbocycles. The van der Waals surface area contributed by atoms with Crippen LogP contribution in [0.2, 0.25) is 0 Å². The third-order valence-electron chi connectivity index (χ3n) is 7.04. The van der Waals surface area contributed by atoms with Crippen molar-refractivity contribution in [3.63, 3.8) is 0 Å². The molecule has 2 bridgehead atoms. The summed E-state index contributed by atoms with van der Waals surface area (Å²) in [4.78, 5) is 12.4. The second kappa shape index (κ2) is 6.03. The topological polar surface area (TPSA) is 47.6 Å². The Kier molecular flexibility index (Phi) is 4.52. The molecule has 1 unspecified atom stereocenters. The Morgan fingerprint density at radius 2 is 2.13 bits per heavy atom. The minimum absolute atomic E-state index is 0.137. The van der Waals surface area contributed by atoms with Crippen LogP contribution in [0.5, 0.6) is 0 Å². The predicted octanol–water partition coefficient (Wildman–Crippen LogP) is 3.01. The van der Waals surface area contributed by atoms with Crippen LogP contribution in [0.25, 0.3) is 0 Å². The van der Waals surface area contributed by atoms with E-state index in [1.54, 1.807) is 7.11 Å². The molecule has 1 spiro atoms. The lowest BCUT2D eigenvalue weighted by Crippen LogP contribution is -2.60. The first-order valence-electron chi connectivity index (χ1n) is 9.23. The number of amides is 1. The number of fused-ring (bicyclic) bond motifs is 1. The highest BCUT2D eigenvalue weighted by Gasteiger charge is 2.68. The molecule has 3 aliphatic rings. The van der Waals surface area contributed by atoms with E-state index in [0.29, 0.717) is 36.9 Å². The first-order valence-corrected chi connectivity index (χ1v) is 9.23. The maximum Gasteiger partial charge on any atom is 0.222 e. The Morgan fingerprint density at radius 1 is 1.39 bits per heavy atom. The van der Waals surface area contributed by atoms with Gasteiger partial charge in [0.25, 0.3) is 0 Å². The van der Waals surface area contributed by atoms with Gasteiger partial charge in [-0.15, -0.1) is 0 Å². The largest absolute Gasteiger partial charge is 0.384 e. The first-order chi connectivity index (χ1) is 10.8. The van der Waals surface area contributed by atoms with Crippen molar-refractivity contribution in [2.45, 2.75) is 65.5 Å². The lowest BCUT2D eigenvalue weighted by atomic mass is 9.58. The van der Waals surface area contributed by atoms with Gasteiger partial charge < -0.3 is 14.8 Å². The molecule has 3 rings (SSSR count). The van der Waals surface area contributed by atoms with Gasteiger partial charge in [-0.25, -0.2) is 0 Å². The molecule has 3 fully saturated rings. The Balaban J connectivity index is 1.84. The fourth-order valence-electron chi connectivity index (χ4n) is 5.92. The quantitative estimate of drug-likeness (QED) is 0.846. The monoisotopic (exact) mass is 323 g/mol. The molecule has 0 aromatic rings. The number of carbonyl (C=O) groups is 1. The van der Waals surface area contributed by atoms with Gasteiger partial charge in [0.2, 0.25) is 5.91 Å². The van der Waals surface area contributed by atoms with E-state index in [0.717, 1.165) is 13.0 Å². The van der Waals surface area contributed by atoms with Gasteiger partial charge in [-0.2, -0.15) is 0 Å². The summed E-state index contributed by atoms with van der Waals surface area (Å²) in [5.41, 5.74) is 0.419. The van der Waals surface area contributed by atoms with Crippen molar-refractivity contribution in [3.8, 4) is 0 Å². The number of nitrogens with one attached hydrogen (secondary N) is 1. The van der Waals surface area contributed by atoms with Gasteiger partial charge in [-0.05, 0) is 47.8 Å². The minimum Gasteiger partial charge on any atom is -0.384 e. The van der Waals surface area contributed by atoms with Crippen LogP contribution in [-0.2, 0) is 14.3 Å². The summed E-state index contributed by atoms with van der Waals surface area (Å²) in [6.45, 7) is 10.6. The van der Waals surface area contributed by atoms with E-state index >= 15 is 0 Å². The molecule has 23 heavy (non-hydrogen) atoms. The van der Waals surface area contributed by atoms with E-state index in [9.17, 15) is 4.79 Å². The van der Waals surface area contributed by atoms with Crippen molar-refractivity contribution in [1.29, 1.82) is 0 Å². The Labute approximate surface area is 140 Å². The molecular formula is C19H33NO3. The predicted molar refractivity (Wildman–Crippen MR) is 90.0 cm³/mol. The fraction of sp³-hybridized carbons (Fsp3) is 0.947. The number of ether oxygens (including phenoxy) is 2. The van der Waals surface area contributed by atoms with Crippen molar-refractivity contribution < 1.29 is 14.3 Å².